The van der Waals surface area contributed by atoms with Crippen molar-refractivity contribution >= 4 is 35.3 Å². The second-order valence-electron chi connectivity index (χ2n) is 12.5. The predicted octanol–water partition coefficient (Wildman–Crippen LogP) is 2.67. The number of likely N-dealkylation sites (N-methyl/N-ethyl adjacent to an activating group) is 2. The van der Waals surface area contributed by atoms with E-state index in [-0.39, 0.29) is 39.9 Å². The number of fused-ring (bicyclic) bond motifs is 3. The van der Waals surface area contributed by atoms with E-state index in [1.807, 2.05) is 12.1 Å². The molecule has 3 aliphatic carbocycles. The van der Waals surface area contributed by atoms with E-state index in [2.05, 4.69) is 15.8 Å². The van der Waals surface area contributed by atoms with Gasteiger partial charge in [-0.25, -0.2) is 0 Å². The maximum absolute atomic E-state index is 14.3. The number of allylic oxidation sites excluding steroid dienone is 1. The first-order valence-electron chi connectivity index (χ1n) is 14.8. The summed E-state index contributed by atoms with van der Waals surface area (Å²) in [5, 5.41) is 54.5. The second-order valence-corrected chi connectivity index (χ2v) is 12.5. The molecule has 1 fully saturated rings. The molecule has 12 nitrogen and oxygen atoms in total. The number of carbonyl (C=O) groups is 3. The van der Waals surface area contributed by atoms with E-state index in [1.165, 1.54) is 26.3 Å². The quantitative estimate of drug-likeness (QED) is 0.294. The Balaban J connectivity index is 1.39. The highest BCUT2D eigenvalue weighted by Crippen LogP contribution is 2.55. The number of hydrogen-bond donors (Lipinski definition) is 6. The molecule has 6 atom stereocenters. The molecule has 0 spiro atoms. The number of anilines is 1. The Kier molecular flexibility index (Phi) is 7.45. The van der Waals surface area contributed by atoms with Gasteiger partial charge < -0.3 is 35.9 Å². The molecular weight excluding hydrogens is 580 g/mol. The Hall–Kier alpha value is -4.68. The minimum atomic E-state index is -2.02. The molecule has 1 heterocycles. The van der Waals surface area contributed by atoms with Crippen molar-refractivity contribution in [1.29, 1.82) is 0 Å². The fourth-order valence-corrected chi connectivity index (χ4v) is 7.66. The van der Waals surface area contributed by atoms with Crippen molar-refractivity contribution in [2.45, 2.75) is 43.9 Å². The number of nitrogens with zero attached hydrogens (tertiary/aromatic N) is 2. The predicted molar refractivity (Wildman–Crippen MR) is 165 cm³/mol. The minimum Gasteiger partial charge on any atom is -0.510 e. The summed E-state index contributed by atoms with van der Waals surface area (Å²) < 4.78 is 0. The highest BCUT2D eigenvalue weighted by atomic mass is 16.6. The van der Waals surface area contributed by atoms with E-state index in [4.69, 9.17) is 4.84 Å². The van der Waals surface area contributed by atoms with Crippen LogP contribution in [0.1, 0.15) is 30.9 Å². The molecule has 6 rings (SSSR count). The first-order chi connectivity index (χ1) is 21.4. The van der Waals surface area contributed by atoms with Crippen molar-refractivity contribution in [3.63, 3.8) is 0 Å². The number of carbonyl (C=O) groups excluding carboxylic acids is 3. The van der Waals surface area contributed by atoms with E-state index in [0.29, 0.717) is 30.5 Å². The molecular formula is C33H36N4O8. The zero-order valence-electron chi connectivity index (χ0n) is 25.4. The first kappa shape index (κ1) is 30.4. The second kappa shape index (κ2) is 11.0. The molecule has 0 radical (unpaired) electrons. The topological polar surface area (TPSA) is 181 Å². The lowest BCUT2D eigenvalue weighted by Gasteiger charge is -2.52. The molecule has 0 bridgehead atoms. The zero-order valence-corrected chi connectivity index (χ0v) is 25.4. The summed E-state index contributed by atoms with van der Waals surface area (Å²) in [5.41, 5.74) is 0.658. The maximum Gasteiger partial charge on any atom is 0.268 e. The molecule has 2 aromatic carbocycles. The molecule has 12 heteroatoms. The third kappa shape index (κ3) is 4.75. The number of hydrogen-bond acceptors (Lipinski definition) is 10. The summed E-state index contributed by atoms with van der Waals surface area (Å²) in [6.07, 6.45) is 1.89. The lowest BCUT2D eigenvalue weighted by molar-refractivity contribution is -0.139. The van der Waals surface area contributed by atoms with Crippen LogP contribution in [-0.2, 0) is 25.6 Å². The monoisotopic (exact) mass is 616 g/mol. The largest absolute Gasteiger partial charge is 0.510 e. The average Bonchev–Trinajstić information content (AvgIpc) is 3.52. The number of aromatic hydroxyl groups is 1. The minimum absolute atomic E-state index is 0.0998. The Labute approximate surface area is 259 Å². The van der Waals surface area contributed by atoms with Gasteiger partial charge in [0.1, 0.15) is 22.9 Å². The van der Waals surface area contributed by atoms with Gasteiger partial charge in [-0.05, 0) is 80.6 Å². The highest BCUT2D eigenvalue weighted by Gasteiger charge is 2.60. The van der Waals surface area contributed by atoms with Gasteiger partial charge in [0.05, 0.1) is 23.1 Å². The highest BCUT2D eigenvalue weighted by molar-refractivity contribution is 6.08. The van der Waals surface area contributed by atoms with Gasteiger partial charge in [-0.2, -0.15) is 0 Å². The van der Waals surface area contributed by atoms with Crippen LogP contribution in [0, 0.1) is 17.8 Å². The van der Waals surface area contributed by atoms with E-state index >= 15 is 0 Å². The number of aliphatic hydroxyl groups is 3. The smallest absolute Gasteiger partial charge is 0.268 e. The standard InChI is InChI=1S/C33H36N4O8/c1-33(44)25-20(27(37(3)4)30(41)26(33)32(43)34-2)14-16-13-19-18(9-10-21(38)24(19)28(39)23(16)29(25)40)15-5-7-17(8-6-15)36-31(42)22-11-12-35-45-22/h5-10,12,16,20,22,25,27,38-39,41,44H,11,13-14H2,1-4H3,(H,34,43)(H,36,42). The number of ketones is 1. The Morgan fingerprint density at radius 1 is 1.09 bits per heavy atom. The van der Waals surface area contributed by atoms with Gasteiger partial charge in [0.15, 0.2) is 5.78 Å². The van der Waals surface area contributed by atoms with Crippen LogP contribution in [0.15, 0.2) is 58.5 Å². The van der Waals surface area contributed by atoms with Crippen molar-refractivity contribution in [2.24, 2.45) is 22.9 Å². The van der Waals surface area contributed by atoms with Gasteiger partial charge in [-0.1, -0.05) is 23.4 Å². The van der Waals surface area contributed by atoms with Crippen LogP contribution in [-0.4, -0.2) is 88.0 Å². The SMILES string of the molecule is CNC(=O)C1=C(O)C(N(C)C)C2CC3Cc4c(-c5ccc(NC(=O)C6CC=NO6)cc5)ccc(O)c4C(O)=C3C(=O)C2C1(C)O. The number of aliphatic hydroxyl groups excluding tert-OH is 2. The lowest BCUT2D eigenvalue weighted by Crippen LogP contribution is -2.61. The number of Topliss-reactive ketones (excluding diaryl/α,β-unsaturated/α-hetero) is 1. The van der Waals surface area contributed by atoms with Crippen LogP contribution in [0.4, 0.5) is 5.69 Å². The number of benzene rings is 2. The summed E-state index contributed by atoms with van der Waals surface area (Å²) in [5.74, 6) is -4.55. The Morgan fingerprint density at radius 2 is 1.80 bits per heavy atom. The van der Waals surface area contributed by atoms with Crippen LogP contribution in [0.25, 0.3) is 16.9 Å². The summed E-state index contributed by atoms with van der Waals surface area (Å²) in [7, 11) is 4.85. The lowest BCUT2D eigenvalue weighted by atomic mass is 9.55. The third-order valence-electron chi connectivity index (χ3n) is 9.58. The van der Waals surface area contributed by atoms with E-state index in [0.717, 1.165) is 11.1 Å². The summed E-state index contributed by atoms with van der Waals surface area (Å²) in [6, 6.07) is 9.58. The van der Waals surface area contributed by atoms with Gasteiger partial charge in [-0.15, -0.1) is 0 Å². The summed E-state index contributed by atoms with van der Waals surface area (Å²) >= 11 is 0. The van der Waals surface area contributed by atoms with Gasteiger partial charge >= 0.3 is 0 Å². The summed E-state index contributed by atoms with van der Waals surface area (Å²) in [6.45, 7) is 1.35. The molecule has 2 amide bonds. The third-order valence-corrected chi connectivity index (χ3v) is 9.58. The number of nitrogens with one attached hydrogen (secondary N) is 2. The molecule has 0 aromatic heterocycles. The molecule has 2 aromatic rings. The fourth-order valence-electron chi connectivity index (χ4n) is 7.66. The van der Waals surface area contributed by atoms with Crippen LogP contribution >= 0.6 is 0 Å². The van der Waals surface area contributed by atoms with E-state index < -0.39 is 47.2 Å². The van der Waals surface area contributed by atoms with Gasteiger partial charge in [0.25, 0.3) is 11.8 Å². The molecule has 1 saturated carbocycles. The number of amides is 2. The normalized spacial score (nSPS) is 28.8. The van der Waals surface area contributed by atoms with Crippen molar-refractivity contribution in [3.05, 3.63) is 64.4 Å². The molecule has 236 valence electrons. The Bertz CT molecular complexity index is 1680. The van der Waals surface area contributed by atoms with E-state index in [9.17, 15) is 34.8 Å². The van der Waals surface area contributed by atoms with Crippen LogP contribution in [0.5, 0.6) is 5.75 Å². The van der Waals surface area contributed by atoms with Gasteiger partial charge in [0, 0.05) is 30.9 Å². The van der Waals surface area contributed by atoms with Gasteiger partial charge in [-0.3, -0.25) is 19.3 Å². The van der Waals surface area contributed by atoms with Crippen molar-refractivity contribution in [3.8, 4) is 16.9 Å². The van der Waals surface area contributed by atoms with E-state index in [1.54, 1.807) is 37.2 Å². The number of oxime groups is 1. The van der Waals surface area contributed by atoms with Crippen LogP contribution < -0.4 is 10.6 Å². The fraction of sp³-hybridized carbons (Fsp3) is 0.394. The summed E-state index contributed by atoms with van der Waals surface area (Å²) in [4.78, 5) is 46.3. The van der Waals surface area contributed by atoms with Crippen molar-refractivity contribution in [2.75, 3.05) is 26.5 Å². The maximum atomic E-state index is 14.3. The zero-order chi connectivity index (χ0) is 32.4. The number of phenols is 1. The van der Waals surface area contributed by atoms with Crippen molar-refractivity contribution in [1.82, 2.24) is 10.2 Å². The first-order valence-corrected chi connectivity index (χ1v) is 14.8. The van der Waals surface area contributed by atoms with Crippen LogP contribution in [0.2, 0.25) is 0 Å². The van der Waals surface area contributed by atoms with Crippen molar-refractivity contribution < 1.29 is 39.6 Å². The average molecular weight is 617 g/mol. The van der Waals surface area contributed by atoms with Crippen LogP contribution in [0.3, 0.4) is 0 Å². The number of phenolic OH excluding ortho intramolecular Hbond substituents is 1. The molecule has 45 heavy (non-hydrogen) atoms. The molecule has 4 aliphatic rings. The molecule has 1 aliphatic heterocycles. The molecule has 6 unspecified atom stereocenters. The molecule has 6 N–H and O–H groups in total. The Morgan fingerprint density at radius 3 is 2.42 bits per heavy atom. The molecule has 0 saturated heterocycles. The number of rotatable bonds is 5. The van der Waals surface area contributed by atoms with Gasteiger partial charge in [0.2, 0.25) is 6.10 Å².